The van der Waals surface area contributed by atoms with E-state index in [0.717, 1.165) is 10.5 Å². The van der Waals surface area contributed by atoms with E-state index in [9.17, 15) is 16.8 Å². The first kappa shape index (κ1) is 17.4. The number of sulfone groups is 1. The Labute approximate surface area is 124 Å². The monoisotopic (exact) mass is 340 g/mol. The molecule has 0 saturated carbocycles. The van der Waals surface area contributed by atoms with E-state index in [1.807, 2.05) is 0 Å². The lowest BCUT2D eigenvalue weighted by Crippen LogP contribution is -2.23. The zero-order chi connectivity index (χ0) is 15.6. The van der Waals surface area contributed by atoms with Gasteiger partial charge in [-0.05, 0) is 25.5 Å². The van der Waals surface area contributed by atoms with Gasteiger partial charge in [-0.15, -0.1) is 11.6 Å². The highest BCUT2D eigenvalue weighted by atomic mass is 35.5. The maximum Gasteiger partial charge on any atom is 0.244 e. The minimum absolute atomic E-state index is 0.0496. The summed E-state index contributed by atoms with van der Waals surface area (Å²) in [6.45, 7) is 1.55. The molecule has 114 valence electrons. The highest BCUT2D eigenvalue weighted by Crippen LogP contribution is 2.19. The molecule has 20 heavy (non-hydrogen) atoms. The Morgan fingerprint density at radius 3 is 2.25 bits per heavy atom. The molecule has 0 fully saturated rings. The number of sulfonamides is 1. The van der Waals surface area contributed by atoms with Crippen LogP contribution in [0.1, 0.15) is 13.3 Å². The molecule has 0 N–H and O–H groups in total. The molecular weight excluding hydrogens is 324 g/mol. The van der Waals surface area contributed by atoms with Crippen LogP contribution in [0.15, 0.2) is 28.3 Å². The number of hydrogen-bond acceptors (Lipinski definition) is 5. The summed E-state index contributed by atoms with van der Waals surface area (Å²) in [5, 5.41) is -0.809. The smallest absolute Gasteiger partial charge is 0.243 e. The Balaban J connectivity index is 3.16. The predicted octanol–water partition coefficient (Wildman–Crippen LogP) is 1.12. The van der Waals surface area contributed by atoms with E-state index in [0.29, 0.717) is 6.42 Å². The van der Waals surface area contributed by atoms with Crippen molar-refractivity contribution in [3.8, 4) is 0 Å². The molecule has 9 heteroatoms. The van der Waals surface area contributed by atoms with Crippen LogP contribution >= 0.6 is 11.6 Å². The lowest BCUT2D eigenvalue weighted by Gasteiger charge is -2.13. The lowest BCUT2D eigenvalue weighted by molar-refractivity contribution is 0.520. The maximum absolute atomic E-state index is 12.1. The van der Waals surface area contributed by atoms with Gasteiger partial charge in [-0.3, -0.25) is 0 Å². The topological polar surface area (TPSA) is 84.4 Å². The average Bonchev–Trinajstić information content (AvgIpc) is 2.38. The summed E-state index contributed by atoms with van der Waals surface area (Å²) in [6.07, 6.45) is 1.36. The third kappa shape index (κ3) is 3.49. The number of aromatic nitrogens is 1. The van der Waals surface area contributed by atoms with Crippen molar-refractivity contribution in [3.63, 3.8) is 0 Å². The molecular formula is C11H17ClN2O4S2. The number of pyridine rings is 1. The van der Waals surface area contributed by atoms with Gasteiger partial charge in [-0.1, -0.05) is 0 Å². The quantitative estimate of drug-likeness (QED) is 0.724. The van der Waals surface area contributed by atoms with Gasteiger partial charge in [-0.25, -0.2) is 26.1 Å². The Hall–Kier alpha value is -0.700. The van der Waals surface area contributed by atoms with Crippen LogP contribution in [0.5, 0.6) is 0 Å². The van der Waals surface area contributed by atoms with E-state index in [2.05, 4.69) is 4.98 Å². The van der Waals surface area contributed by atoms with E-state index in [4.69, 9.17) is 11.6 Å². The van der Waals surface area contributed by atoms with Crippen molar-refractivity contribution in [3.05, 3.63) is 18.3 Å². The SMILES string of the molecule is CC(CCCl)S(=O)(=O)c1ccc(S(=O)(=O)N(C)C)cn1. The molecule has 1 aromatic rings. The van der Waals surface area contributed by atoms with E-state index >= 15 is 0 Å². The molecule has 0 radical (unpaired) electrons. The van der Waals surface area contributed by atoms with E-state index in [-0.39, 0.29) is 15.8 Å². The maximum atomic E-state index is 12.1. The van der Waals surface area contributed by atoms with Crippen LogP contribution in [0.3, 0.4) is 0 Å². The number of hydrogen-bond donors (Lipinski definition) is 0. The van der Waals surface area contributed by atoms with Crippen molar-refractivity contribution in [2.24, 2.45) is 0 Å². The standard InChI is InChI=1S/C11H17ClN2O4S2/c1-9(6-7-12)19(15,16)11-5-4-10(8-13-11)20(17,18)14(2)3/h4-5,8-9H,6-7H2,1-3H3. The summed E-state index contributed by atoms with van der Waals surface area (Å²) in [5.41, 5.74) is 0. The van der Waals surface area contributed by atoms with E-state index in [1.54, 1.807) is 6.92 Å². The zero-order valence-corrected chi connectivity index (χ0v) is 13.8. The second-order valence-electron chi connectivity index (χ2n) is 4.45. The average molecular weight is 341 g/mol. The second-order valence-corrected chi connectivity index (χ2v) is 9.30. The molecule has 0 aromatic carbocycles. The summed E-state index contributed by atoms with van der Waals surface area (Å²) < 4.78 is 49.0. The van der Waals surface area contributed by atoms with Gasteiger partial charge in [0.1, 0.15) is 4.90 Å². The Morgan fingerprint density at radius 2 is 1.85 bits per heavy atom. The molecule has 0 amide bonds. The fourth-order valence-electron chi connectivity index (χ4n) is 1.41. The van der Waals surface area contributed by atoms with Crippen LogP contribution in [0.25, 0.3) is 0 Å². The van der Waals surface area contributed by atoms with Crippen LogP contribution in [0.4, 0.5) is 0 Å². The van der Waals surface area contributed by atoms with E-state index < -0.39 is 25.1 Å². The fraction of sp³-hybridized carbons (Fsp3) is 0.545. The van der Waals surface area contributed by atoms with E-state index in [1.165, 1.54) is 26.2 Å². The van der Waals surface area contributed by atoms with Gasteiger partial charge in [0.2, 0.25) is 10.0 Å². The van der Waals surface area contributed by atoms with Crippen LogP contribution in [-0.4, -0.2) is 51.4 Å². The first-order valence-corrected chi connectivity index (χ1v) is 9.34. The molecule has 0 spiro atoms. The van der Waals surface area contributed by atoms with Crippen molar-refractivity contribution in [1.29, 1.82) is 0 Å². The largest absolute Gasteiger partial charge is 0.244 e. The highest BCUT2D eigenvalue weighted by molar-refractivity contribution is 7.92. The molecule has 0 bridgehead atoms. The van der Waals surface area contributed by atoms with Crippen LogP contribution < -0.4 is 0 Å². The Kier molecular flexibility index (Phi) is 5.54. The molecule has 1 aromatic heterocycles. The molecule has 1 unspecified atom stereocenters. The minimum Gasteiger partial charge on any atom is -0.243 e. The first-order chi connectivity index (χ1) is 9.14. The summed E-state index contributed by atoms with van der Waals surface area (Å²) in [7, 11) is -4.42. The first-order valence-electron chi connectivity index (χ1n) is 5.82. The van der Waals surface area contributed by atoms with Gasteiger partial charge in [0.15, 0.2) is 14.9 Å². The van der Waals surface area contributed by atoms with Gasteiger partial charge in [-0.2, -0.15) is 0 Å². The van der Waals surface area contributed by atoms with Gasteiger partial charge < -0.3 is 0 Å². The predicted molar refractivity (Wildman–Crippen MR) is 77.1 cm³/mol. The molecule has 0 saturated heterocycles. The number of nitrogens with zero attached hydrogens (tertiary/aromatic N) is 2. The molecule has 1 heterocycles. The molecule has 0 aliphatic rings. The van der Waals surface area contributed by atoms with Gasteiger partial charge in [0, 0.05) is 26.2 Å². The third-order valence-electron chi connectivity index (χ3n) is 2.82. The van der Waals surface area contributed by atoms with Gasteiger partial charge in [0.25, 0.3) is 0 Å². The van der Waals surface area contributed by atoms with Crippen molar-refractivity contribution < 1.29 is 16.8 Å². The third-order valence-corrected chi connectivity index (χ3v) is 6.96. The Bertz CT molecular complexity index is 654. The lowest BCUT2D eigenvalue weighted by atomic mass is 10.4. The molecule has 6 nitrogen and oxygen atoms in total. The van der Waals surface area contributed by atoms with Gasteiger partial charge in [0.05, 0.1) is 5.25 Å². The molecule has 0 aliphatic heterocycles. The zero-order valence-electron chi connectivity index (χ0n) is 11.4. The number of rotatable bonds is 6. The molecule has 1 atom stereocenters. The summed E-state index contributed by atoms with van der Waals surface area (Å²) in [5.74, 6) is 0.230. The van der Waals surface area contributed by atoms with Crippen molar-refractivity contribution in [2.45, 2.75) is 28.5 Å². The molecule has 1 rings (SSSR count). The van der Waals surface area contributed by atoms with Crippen molar-refractivity contribution in [1.82, 2.24) is 9.29 Å². The summed E-state index contributed by atoms with van der Waals surface area (Å²) >= 11 is 5.54. The van der Waals surface area contributed by atoms with Gasteiger partial charge >= 0.3 is 0 Å². The van der Waals surface area contributed by atoms with Crippen LogP contribution in [-0.2, 0) is 19.9 Å². The molecule has 0 aliphatic carbocycles. The van der Waals surface area contributed by atoms with Crippen molar-refractivity contribution >= 4 is 31.5 Å². The minimum atomic E-state index is -3.61. The van der Waals surface area contributed by atoms with Crippen LogP contribution in [0, 0.1) is 0 Å². The Morgan fingerprint density at radius 1 is 1.25 bits per heavy atom. The normalized spacial score (nSPS) is 14.4. The fourth-order valence-corrected chi connectivity index (χ4v) is 4.02. The van der Waals surface area contributed by atoms with Crippen molar-refractivity contribution in [2.75, 3.05) is 20.0 Å². The highest BCUT2D eigenvalue weighted by Gasteiger charge is 2.25. The summed E-state index contributed by atoms with van der Waals surface area (Å²) in [6, 6.07) is 2.44. The summed E-state index contributed by atoms with van der Waals surface area (Å²) in [4.78, 5) is 3.72. The van der Waals surface area contributed by atoms with Crippen LogP contribution in [0.2, 0.25) is 0 Å². The second kappa shape index (κ2) is 6.38. The number of alkyl halides is 1. The number of halogens is 1.